The summed E-state index contributed by atoms with van der Waals surface area (Å²) in [6, 6.07) is 6.04. The van der Waals surface area contributed by atoms with E-state index in [-0.39, 0.29) is 6.03 Å². The standard InChI is InChI=1S/C20H21N7O3/c1-3-26-8-9-27(20(26)29)19(28)25-18-5-4-15(11-23-18)30-14-6-7-21-16(10-14)17-12-22-13(2)24-17/h4-7,10-12H,3,8-9H2,1-2H3,(H,22,24)(H,23,25,28). The highest BCUT2D eigenvalue weighted by molar-refractivity contribution is 6.01. The first-order valence-corrected chi connectivity index (χ1v) is 9.53. The maximum absolute atomic E-state index is 12.3. The Morgan fingerprint density at radius 2 is 2.03 bits per heavy atom. The van der Waals surface area contributed by atoms with Crippen molar-refractivity contribution < 1.29 is 14.3 Å². The van der Waals surface area contributed by atoms with Crippen molar-refractivity contribution in [1.29, 1.82) is 0 Å². The normalized spacial score (nSPS) is 13.6. The van der Waals surface area contributed by atoms with Crippen LogP contribution in [0.4, 0.5) is 15.4 Å². The van der Waals surface area contributed by atoms with Gasteiger partial charge in [-0.2, -0.15) is 0 Å². The number of ether oxygens (including phenoxy) is 1. The Morgan fingerprint density at radius 1 is 1.17 bits per heavy atom. The van der Waals surface area contributed by atoms with Gasteiger partial charge in [0, 0.05) is 31.9 Å². The second-order valence-electron chi connectivity index (χ2n) is 6.68. The number of nitrogens with zero attached hydrogens (tertiary/aromatic N) is 5. The molecule has 10 heteroatoms. The molecule has 1 aliphatic rings. The van der Waals surface area contributed by atoms with Crippen LogP contribution < -0.4 is 10.1 Å². The Labute approximate surface area is 172 Å². The predicted molar refractivity (Wildman–Crippen MR) is 109 cm³/mol. The minimum Gasteiger partial charge on any atom is -0.456 e. The van der Waals surface area contributed by atoms with Crippen LogP contribution in [0.2, 0.25) is 0 Å². The van der Waals surface area contributed by atoms with Crippen molar-refractivity contribution in [3.63, 3.8) is 0 Å². The number of pyridine rings is 2. The summed E-state index contributed by atoms with van der Waals surface area (Å²) in [4.78, 5) is 43.0. The zero-order chi connectivity index (χ0) is 21.1. The lowest BCUT2D eigenvalue weighted by atomic mass is 10.3. The zero-order valence-corrected chi connectivity index (χ0v) is 16.6. The average molecular weight is 407 g/mol. The lowest BCUT2D eigenvalue weighted by Crippen LogP contribution is -2.39. The van der Waals surface area contributed by atoms with E-state index in [0.29, 0.717) is 42.6 Å². The largest absolute Gasteiger partial charge is 0.456 e. The highest BCUT2D eigenvalue weighted by Crippen LogP contribution is 2.25. The number of imide groups is 1. The van der Waals surface area contributed by atoms with Gasteiger partial charge in [0.05, 0.1) is 23.8 Å². The third kappa shape index (κ3) is 4.07. The molecule has 1 aliphatic heterocycles. The molecule has 0 saturated carbocycles. The van der Waals surface area contributed by atoms with Gasteiger partial charge in [-0.1, -0.05) is 0 Å². The van der Waals surface area contributed by atoms with E-state index in [9.17, 15) is 9.59 Å². The molecule has 0 radical (unpaired) electrons. The van der Waals surface area contributed by atoms with Crippen LogP contribution in [0.1, 0.15) is 12.7 Å². The summed E-state index contributed by atoms with van der Waals surface area (Å²) in [6.45, 7) is 5.22. The van der Waals surface area contributed by atoms with E-state index in [1.54, 1.807) is 41.6 Å². The minimum absolute atomic E-state index is 0.295. The Bertz CT molecular complexity index is 1060. The maximum Gasteiger partial charge on any atom is 0.331 e. The number of carbonyl (C=O) groups is 2. The molecule has 4 heterocycles. The zero-order valence-electron chi connectivity index (χ0n) is 16.6. The second-order valence-corrected chi connectivity index (χ2v) is 6.68. The molecule has 4 rings (SSSR count). The van der Waals surface area contributed by atoms with E-state index in [2.05, 4.69) is 25.3 Å². The van der Waals surface area contributed by atoms with Crippen molar-refractivity contribution in [1.82, 2.24) is 29.7 Å². The predicted octanol–water partition coefficient (Wildman–Crippen LogP) is 3.26. The molecule has 3 aromatic heterocycles. The van der Waals surface area contributed by atoms with Crippen molar-refractivity contribution >= 4 is 17.9 Å². The van der Waals surface area contributed by atoms with E-state index in [1.165, 1.54) is 11.1 Å². The van der Waals surface area contributed by atoms with Gasteiger partial charge in [0.25, 0.3) is 0 Å². The summed E-state index contributed by atoms with van der Waals surface area (Å²) in [5.41, 5.74) is 1.51. The summed E-state index contributed by atoms with van der Waals surface area (Å²) < 4.78 is 5.83. The minimum atomic E-state index is -0.495. The quantitative estimate of drug-likeness (QED) is 0.671. The summed E-state index contributed by atoms with van der Waals surface area (Å²) in [5.74, 6) is 2.23. The van der Waals surface area contributed by atoms with E-state index >= 15 is 0 Å². The van der Waals surface area contributed by atoms with Crippen LogP contribution >= 0.6 is 0 Å². The second kappa shape index (κ2) is 8.19. The topological polar surface area (TPSA) is 116 Å². The van der Waals surface area contributed by atoms with Crippen LogP contribution in [0, 0.1) is 6.92 Å². The summed E-state index contributed by atoms with van der Waals surface area (Å²) in [5, 5.41) is 2.63. The number of carbonyl (C=O) groups excluding carboxylic acids is 2. The number of likely N-dealkylation sites (N-methyl/N-ethyl adjacent to an activating group) is 1. The number of anilines is 1. The van der Waals surface area contributed by atoms with E-state index in [0.717, 1.165) is 11.5 Å². The van der Waals surface area contributed by atoms with Gasteiger partial charge >= 0.3 is 12.1 Å². The molecule has 154 valence electrons. The molecule has 3 aromatic rings. The number of H-pyrrole nitrogens is 1. The van der Waals surface area contributed by atoms with Gasteiger partial charge in [0.15, 0.2) is 0 Å². The van der Waals surface area contributed by atoms with Crippen molar-refractivity contribution in [2.24, 2.45) is 0 Å². The lowest BCUT2D eigenvalue weighted by molar-refractivity contribution is 0.192. The monoisotopic (exact) mass is 407 g/mol. The van der Waals surface area contributed by atoms with E-state index in [1.807, 2.05) is 13.8 Å². The number of hydrogen-bond acceptors (Lipinski definition) is 6. The van der Waals surface area contributed by atoms with Crippen molar-refractivity contribution in [3.05, 3.63) is 48.7 Å². The first-order valence-electron chi connectivity index (χ1n) is 9.53. The fraction of sp³-hybridized carbons (Fsp3) is 0.250. The summed E-state index contributed by atoms with van der Waals surface area (Å²) >= 11 is 0. The Balaban J connectivity index is 1.40. The Hall–Kier alpha value is -3.95. The maximum atomic E-state index is 12.3. The first kappa shape index (κ1) is 19.4. The molecule has 10 nitrogen and oxygen atoms in total. The third-order valence-electron chi connectivity index (χ3n) is 4.64. The number of amides is 4. The van der Waals surface area contributed by atoms with Crippen LogP contribution in [0.3, 0.4) is 0 Å². The molecule has 0 aromatic carbocycles. The summed E-state index contributed by atoms with van der Waals surface area (Å²) in [7, 11) is 0. The molecule has 4 amide bonds. The van der Waals surface area contributed by atoms with Crippen LogP contribution in [-0.4, -0.2) is 61.4 Å². The van der Waals surface area contributed by atoms with Gasteiger partial charge in [0.2, 0.25) is 0 Å². The molecule has 1 saturated heterocycles. The van der Waals surface area contributed by atoms with Crippen LogP contribution in [-0.2, 0) is 0 Å². The molecule has 0 spiro atoms. The molecule has 0 unspecified atom stereocenters. The van der Waals surface area contributed by atoms with Gasteiger partial charge in [-0.05, 0) is 32.0 Å². The van der Waals surface area contributed by atoms with Crippen LogP contribution in [0.5, 0.6) is 11.5 Å². The number of aromatic amines is 1. The number of rotatable bonds is 5. The number of imidazole rings is 1. The Kier molecular flexibility index (Phi) is 5.29. The van der Waals surface area contributed by atoms with Gasteiger partial charge in [0.1, 0.15) is 23.1 Å². The van der Waals surface area contributed by atoms with Gasteiger partial charge in [-0.25, -0.2) is 24.5 Å². The highest BCUT2D eigenvalue weighted by Gasteiger charge is 2.32. The molecule has 0 atom stereocenters. The number of nitrogens with one attached hydrogen (secondary N) is 2. The molecule has 0 aliphatic carbocycles. The fourth-order valence-electron chi connectivity index (χ4n) is 3.07. The molecule has 0 bridgehead atoms. The van der Waals surface area contributed by atoms with Crippen molar-refractivity contribution in [2.75, 3.05) is 25.0 Å². The van der Waals surface area contributed by atoms with Crippen molar-refractivity contribution in [3.8, 4) is 22.9 Å². The summed E-state index contributed by atoms with van der Waals surface area (Å²) in [6.07, 6.45) is 4.86. The Morgan fingerprint density at radius 3 is 2.70 bits per heavy atom. The van der Waals surface area contributed by atoms with Gasteiger partial charge in [-0.3, -0.25) is 10.3 Å². The third-order valence-corrected chi connectivity index (χ3v) is 4.64. The highest BCUT2D eigenvalue weighted by atomic mass is 16.5. The molecular formula is C20H21N7O3. The van der Waals surface area contributed by atoms with E-state index < -0.39 is 6.03 Å². The number of aryl methyl sites for hydroxylation is 1. The first-order chi connectivity index (χ1) is 14.5. The number of aromatic nitrogens is 4. The molecular weight excluding hydrogens is 386 g/mol. The molecule has 1 fully saturated rings. The number of urea groups is 2. The van der Waals surface area contributed by atoms with Gasteiger partial charge in [-0.15, -0.1) is 0 Å². The van der Waals surface area contributed by atoms with Crippen molar-refractivity contribution in [2.45, 2.75) is 13.8 Å². The average Bonchev–Trinajstić information content (AvgIpc) is 3.35. The molecule has 30 heavy (non-hydrogen) atoms. The smallest absolute Gasteiger partial charge is 0.331 e. The SMILES string of the molecule is CCN1CCN(C(=O)Nc2ccc(Oc3ccnc(-c4cnc(C)[nH]4)c3)cn2)C1=O. The van der Waals surface area contributed by atoms with Crippen LogP contribution in [0.15, 0.2) is 42.9 Å². The van der Waals surface area contributed by atoms with Gasteiger partial charge < -0.3 is 14.6 Å². The molecule has 2 N–H and O–H groups in total. The lowest BCUT2D eigenvalue weighted by Gasteiger charge is -2.16. The number of hydrogen-bond donors (Lipinski definition) is 2. The van der Waals surface area contributed by atoms with Crippen LogP contribution in [0.25, 0.3) is 11.4 Å². The van der Waals surface area contributed by atoms with E-state index in [4.69, 9.17) is 4.74 Å². The fourth-order valence-corrected chi connectivity index (χ4v) is 3.07.